The molecule has 0 amide bonds. The maximum absolute atomic E-state index is 11.9. The molecule has 0 spiro atoms. The highest BCUT2D eigenvalue weighted by molar-refractivity contribution is 8.00. The van der Waals surface area contributed by atoms with Crippen LogP contribution >= 0.6 is 23.1 Å². The number of rotatable bonds is 5. The average molecular weight is 310 g/mol. The van der Waals surface area contributed by atoms with E-state index in [0.29, 0.717) is 6.61 Å². The SMILES string of the molecule is CCOC(=O)[C@H](CC)Sc1ncnc2sc(C)c(C)c12. The largest absolute Gasteiger partial charge is 0.465 e. The van der Waals surface area contributed by atoms with Gasteiger partial charge < -0.3 is 4.74 Å². The molecule has 1 atom stereocenters. The number of hydrogen-bond donors (Lipinski definition) is 0. The first-order valence-electron chi connectivity index (χ1n) is 6.62. The molecule has 0 unspecified atom stereocenters. The first kappa shape index (κ1) is 15.3. The first-order valence-corrected chi connectivity index (χ1v) is 8.32. The highest BCUT2D eigenvalue weighted by Crippen LogP contribution is 2.36. The highest BCUT2D eigenvalue weighted by Gasteiger charge is 2.22. The van der Waals surface area contributed by atoms with E-state index in [1.165, 1.54) is 22.2 Å². The van der Waals surface area contributed by atoms with Crippen molar-refractivity contribution in [3.05, 3.63) is 16.8 Å². The number of esters is 1. The number of fused-ring (bicyclic) bond motifs is 1. The monoisotopic (exact) mass is 310 g/mol. The lowest BCUT2D eigenvalue weighted by molar-refractivity contribution is -0.142. The summed E-state index contributed by atoms with van der Waals surface area (Å²) in [4.78, 5) is 22.8. The molecule has 0 aromatic carbocycles. The van der Waals surface area contributed by atoms with Crippen molar-refractivity contribution in [2.24, 2.45) is 0 Å². The fourth-order valence-electron chi connectivity index (χ4n) is 1.91. The predicted octanol–water partition coefficient (Wildman–Crippen LogP) is 3.74. The summed E-state index contributed by atoms with van der Waals surface area (Å²) in [5.74, 6) is -0.170. The number of aromatic nitrogens is 2. The quantitative estimate of drug-likeness (QED) is 0.478. The van der Waals surface area contributed by atoms with E-state index in [0.717, 1.165) is 21.7 Å². The number of ether oxygens (including phenoxy) is 1. The van der Waals surface area contributed by atoms with E-state index in [1.54, 1.807) is 17.7 Å². The van der Waals surface area contributed by atoms with E-state index >= 15 is 0 Å². The third-order valence-electron chi connectivity index (χ3n) is 3.10. The smallest absolute Gasteiger partial charge is 0.319 e. The van der Waals surface area contributed by atoms with Crippen LogP contribution < -0.4 is 0 Å². The van der Waals surface area contributed by atoms with Crippen LogP contribution in [0.5, 0.6) is 0 Å². The minimum absolute atomic E-state index is 0.170. The number of nitrogens with zero attached hydrogens (tertiary/aromatic N) is 2. The summed E-state index contributed by atoms with van der Waals surface area (Å²) in [6, 6.07) is 0. The number of carbonyl (C=O) groups excluding carboxylic acids is 1. The zero-order chi connectivity index (χ0) is 14.7. The molecule has 0 saturated carbocycles. The number of aryl methyl sites for hydroxylation is 2. The summed E-state index contributed by atoms with van der Waals surface area (Å²) in [7, 11) is 0. The summed E-state index contributed by atoms with van der Waals surface area (Å²) < 4.78 is 5.11. The zero-order valence-corrected chi connectivity index (χ0v) is 13.7. The van der Waals surface area contributed by atoms with Gasteiger partial charge in [0.05, 0.1) is 6.61 Å². The molecular formula is C14H18N2O2S2. The molecule has 0 N–H and O–H groups in total. The Bertz CT molecular complexity index is 625. The molecule has 2 heterocycles. The van der Waals surface area contributed by atoms with Gasteiger partial charge in [-0.3, -0.25) is 4.79 Å². The number of hydrogen-bond acceptors (Lipinski definition) is 6. The lowest BCUT2D eigenvalue weighted by Crippen LogP contribution is -2.19. The van der Waals surface area contributed by atoms with Crippen LogP contribution in [0.3, 0.4) is 0 Å². The minimum atomic E-state index is -0.215. The standard InChI is InChI=1S/C14H18N2O2S2/c1-5-10(14(17)18-6-2)20-13-11-8(3)9(4)19-12(11)15-7-16-13/h7,10H,5-6H2,1-4H3/t10-/m0/s1. The first-order chi connectivity index (χ1) is 9.58. The van der Waals surface area contributed by atoms with Crippen molar-refractivity contribution >= 4 is 39.3 Å². The summed E-state index contributed by atoms with van der Waals surface area (Å²) in [5.41, 5.74) is 1.20. The molecule has 6 heteroatoms. The molecule has 4 nitrogen and oxygen atoms in total. The van der Waals surface area contributed by atoms with Gasteiger partial charge in [-0.05, 0) is 32.8 Å². The molecule has 0 radical (unpaired) electrons. The Morgan fingerprint density at radius 3 is 2.80 bits per heavy atom. The fraction of sp³-hybridized carbons (Fsp3) is 0.500. The van der Waals surface area contributed by atoms with E-state index in [4.69, 9.17) is 4.74 Å². The van der Waals surface area contributed by atoms with E-state index in [9.17, 15) is 4.79 Å². The third kappa shape index (κ3) is 2.96. The van der Waals surface area contributed by atoms with Gasteiger partial charge in [0.1, 0.15) is 21.4 Å². The van der Waals surface area contributed by atoms with Gasteiger partial charge in [0.2, 0.25) is 0 Å². The lowest BCUT2D eigenvalue weighted by atomic mass is 10.2. The van der Waals surface area contributed by atoms with Gasteiger partial charge in [0.25, 0.3) is 0 Å². The Morgan fingerprint density at radius 2 is 2.15 bits per heavy atom. The topological polar surface area (TPSA) is 52.1 Å². The maximum atomic E-state index is 11.9. The van der Waals surface area contributed by atoms with Crippen molar-refractivity contribution in [3.63, 3.8) is 0 Å². The van der Waals surface area contributed by atoms with E-state index in [1.807, 2.05) is 13.8 Å². The van der Waals surface area contributed by atoms with Crippen LogP contribution in [0.2, 0.25) is 0 Å². The molecular weight excluding hydrogens is 292 g/mol. The Morgan fingerprint density at radius 1 is 1.40 bits per heavy atom. The molecule has 2 aromatic heterocycles. The van der Waals surface area contributed by atoms with Crippen molar-refractivity contribution < 1.29 is 9.53 Å². The normalized spacial score (nSPS) is 12.6. The van der Waals surface area contributed by atoms with Gasteiger partial charge >= 0.3 is 5.97 Å². The van der Waals surface area contributed by atoms with Crippen LogP contribution in [0.25, 0.3) is 10.2 Å². The Balaban J connectivity index is 2.35. The van der Waals surface area contributed by atoms with E-state index < -0.39 is 0 Å². The second-order valence-corrected chi connectivity index (χ2v) is 6.80. The third-order valence-corrected chi connectivity index (χ3v) is 5.56. The van der Waals surface area contributed by atoms with Crippen LogP contribution in [-0.2, 0) is 9.53 Å². The van der Waals surface area contributed by atoms with Crippen molar-refractivity contribution in [3.8, 4) is 0 Å². The molecule has 108 valence electrons. The van der Waals surface area contributed by atoms with Gasteiger partial charge in [0.15, 0.2) is 0 Å². The maximum Gasteiger partial charge on any atom is 0.319 e. The van der Waals surface area contributed by atoms with Gasteiger partial charge in [-0.15, -0.1) is 11.3 Å². The van der Waals surface area contributed by atoms with Crippen molar-refractivity contribution in [1.82, 2.24) is 9.97 Å². The molecule has 0 aliphatic rings. The summed E-state index contributed by atoms with van der Waals surface area (Å²) >= 11 is 3.14. The van der Waals surface area contributed by atoms with Crippen LogP contribution in [0.4, 0.5) is 0 Å². The van der Waals surface area contributed by atoms with E-state index in [2.05, 4.69) is 23.8 Å². The second kappa shape index (κ2) is 6.54. The highest BCUT2D eigenvalue weighted by atomic mass is 32.2. The zero-order valence-electron chi connectivity index (χ0n) is 12.1. The average Bonchev–Trinajstić information content (AvgIpc) is 2.72. The van der Waals surface area contributed by atoms with Gasteiger partial charge in [-0.2, -0.15) is 0 Å². The van der Waals surface area contributed by atoms with Gasteiger partial charge in [-0.1, -0.05) is 18.7 Å². The predicted molar refractivity (Wildman–Crippen MR) is 83.5 cm³/mol. The Labute approximate surface area is 127 Å². The molecule has 0 aliphatic carbocycles. The van der Waals surface area contributed by atoms with Crippen molar-refractivity contribution in [2.75, 3.05) is 6.61 Å². The summed E-state index contributed by atoms with van der Waals surface area (Å²) in [6.07, 6.45) is 2.29. The minimum Gasteiger partial charge on any atom is -0.465 e. The molecule has 0 fully saturated rings. The number of thiophene rings is 1. The molecule has 0 aliphatic heterocycles. The molecule has 2 rings (SSSR count). The Hall–Kier alpha value is -1.14. The summed E-state index contributed by atoms with van der Waals surface area (Å²) in [6.45, 7) is 8.38. The van der Waals surface area contributed by atoms with E-state index in [-0.39, 0.29) is 11.2 Å². The lowest BCUT2D eigenvalue weighted by Gasteiger charge is -2.13. The Kier molecular flexibility index (Phi) is 4.99. The summed E-state index contributed by atoms with van der Waals surface area (Å²) in [5, 5.41) is 1.73. The molecule has 0 saturated heterocycles. The van der Waals surface area contributed by atoms with Crippen LogP contribution in [0.1, 0.15) is 30.7 Å². The molecule has 20 heavy (non-hydrogen) atoms. The fourth-order valence-corrected chi connectivity index (χ4v) is 4.05. The number of carbonyl (C=O) groups is 1. The van der Waals surface area contributed by atoms with Gasteiger partial charge in [-0.25, -0.2) is 9.97 Å². The molecule has 0 bridgehead atoms. The second-order valence-electron chi connectivity index (χ2n) is 4.41. The van der Waals surface area contributed by atoms with Crippen LogP contribution in [0.15, 0.2) is 11.4 Å². The van der Waals surface area contributed by atoms with Crippen LogP contribution in [-0.4, -0.2) is 27.8 Å². The van der Waals surface area contributed by atoms with Crippen molar-refractivity contribution in [1.29, 1.82) is 0 Å². The van der Waals surface area contributed by atoms with Crippen LogP contribution in [0, 0.1) is 13.8 Å². The number of thioether (sulfide) groups is 1. The van der Waals surface area contributed by atoms with Crippen molar-refractivity contribution in [2.45, 2.75) is 44.4 Å². The molecule has 2 aromatic rings. The van der Waals surface area contributed by atoms with Gasteiger partial charge in [0, 0.05) is 10.3 Å².